The van der Waals surface area contributed by atoms with E-state index in [1.807, 2.05) is 31.7 Å². The van der Waals surface area contributed by atoms with E-state index in [0.29, 0.717) is 13.3 Å². The van der Waals surface area contributed by atoms with E-state index in [1.54, 1.807) is 81.3 Å². The average Bonchev–Trinajstić information content (AvgIpc) is 4.09. The molecule has 0 unspecified atom stereocenters. The van der Waals surface area contributed by atoms with Gasteiger partial charge in [-0.15, -0.1) is 0 Å². The number of hydrogen-bond donors (Lipinski definition) is 1. The van der Waals surface area contributed by atoms with Gasteiger partial charge in [-0.3, -0.25) is 14.5 Å². The van der Waals surface area contributed by atoms with Crippen LogP contribution in [-0.4, -0.2) is 54.2 Å². The molecule has 4 heterocycles. The molecule has 4 aromatic heterocycles. The summed E-state index contributed by atoms with van der Waals surface area (Å²) in [4.78, 5) is 0. The van der Waals surface area contributed by atoms with E-state index in [4.69, 9.17) is 51.1 Å². The quantitative estimate of drug-likeness (QED) is 0.0638. The predicted octanol–water partition coefficient (Wildman–Crippen LogP) is 13.9. The van der Waals surface area contributed by atoms with Gasteiger partial charge < -0.3 is 4.74 Å². The minimum Gasteiger partial charge on any atom is -0.360 e. The Hall–Kier alpha value is -4.74. The summed E-state index contributed by atoms with van der Waals surface area (Å²) in [6, 6.07) is 21.3. The van der Waals surface area contributed by atoms with Crippen LogP contribution in [0.4, 0.5) is 17.6 Å². The highest BCUT2D eigenvalue weighted by atomic mass is 79.9. The molecule has 9 nitrogen and oxygen atoms in total. The Kier molecular flexibility index (Phi) is 18.2. The topological polar surface area (TPSA) is 91.4 Å². The van der Waals surface area contributed by atoms with Crippen LogP contribution < -0.4 is 0 Å². The van der Waals surface area contributed by atoms with E-state index in [2.05, 4.69) is 61.1 Å². The molecule has 0 radical (unpaired) electrons. The maximum absolute atomic E-state index is 13.2. The average molecular weight is 1020 g/mol. The molecule has 330 valence electrons. The molecule has 0 saturated carbocycles. The number of H-pyrrole nitrogens is 1. The highest BCUT2D eigenvalue weighted by Crippen LogP contribution is 2.27. The van der Waals surface area contributed by atoms with Crippen LogP contribution in [0.25, 0.3) is 33.4 Å². The van der Waals surface area contributed by atoms with E-state index in [1.165, 1.54) is 30.3 Å². The van der Waals surface area contributed by atoms with Crippen LogP contribution in [-0.2, 0) is 25.1 Å². The number of halogens is 9. The van der Waals surface area contributed by atoms with Gasteiger partial charge in [0.05, 0.1) is 50.9 Å². The number of aryl methyl sites for hydroxylation is 1. The third kappa shape index (κ3) is 15.8. The van der Waals surface area contributed by atoms with Gasteiger partial charge in [-0.1, -0.05) is 100 Å². The third-order valence-corrected chi connectivity index (χ3v) is 12.1. The molecule has 4 aromatic carbocycles. The smallest absolute Gasteiger partial charge is 0.141 e. The van der Waals surface area contributed by atoms with Crippen LogP contribution in [0, 0.1) is 23.3 Å². The van der Waals surface area contributed by atoms with Crippen molar-refractivity contribution in [1.82, 2.24) is 39.5 Å². The first-order valence-electron chi connectivity index (χ1n) is 19.0. The maximum atomic E-state index is 13.2. The fraction of sp³-hybridized carbons (Fsp3) is 0.182. The van der Waals surface area contributed by atoms with Crippen molar-refractivity contribution in [2.75, 3.05) is 6.61 Å². The van der Waals surface area contributed by atoms with Crippen molar-refractivity contribution in [3.05, 3.63) is 176 Å². The first-order chi connectivity index (χ1) is 29.9. The summed E-state index contributed by atoms with van der Waals surface area (Å²) in [7, 11) is 0.814. The maximum Gasteiger partial charge on any atom is 0.141 e. The Morgan fingerprint density at radius 2 is 1.13 bits per heavy atom. The van der Waals surface area contributed by atoms with Gasteiger partial charge in [0.2, 0.25) is 0 Å². The van der Waals surface area contributed by atoms with Crippen LogP contribution in [0.5, 0.6) is 0 Å². The van der Waals surface area contributed by atoms with Gasteiger partial charge in [-0.25, -0.2) is 22.2 Å². The standard InChI is InChI=1S/C15H20ClFN2OSi.C14H12ClFN4.C9H6ClFN2.C6H3BrClF/c1-21(2,3)7-6-20-11-19-10-13(9-18-19)12-4-5-15(17)14(16)8-12;1-19-5-4-12(18-19)9-20-8-11(7-17-20)10-2-3-14(16)13(15)6-10;10-8-3-6(1-2-9(8)11)7-4-12-13-5-7;7-4-1-2-6(9)5(8)3-4/h4-5,8-10H,6-7,11H2,1-3H3;2-8H,9H2,1H3;1-5H,(H,12,13);1-3H. The molecule has 0 aliphatic rings. The number of aromatic nitrogens is 8. The fourth-order valence-electron chi connectivity index (χ4n) is 5.34. The second-order valence-corrected chi connectivity index (χ2v) is 23.1. The molecule has 0 amide bonds. The lowest BCUT2D eigenvalue weighted by Gasteiger charge is -2.15. The number of nitrogens with zero attached hydrogens (tertiary/aromatic N) is 7. The number of hydrogen-bond acceptors (Lipinski definition) is 5. The molecule has 0 fully saturated rings. The Morgan fingerprint density at radius 3 is 1.57 bits per heavy atom. The Morgan fingerprint density at radius 1 is 0.635 bits per heavy atom. The van der Waals surface area contributed by atoms with Crippen molar-refractivity contribution in [3.63, 3.8) is 0 Å². The van der Waals surface area contributed by atoms with Crippen molar-refractivity contribution >= 4 is 70.4 Å². The van der Waals surface area contributed by atoms with Crippen LogP contribution in [0.15, 0.2) is 127 Å². The van der Waals surface area contributed by atoms with Gasteiger partial charge in [0.1, 0.15) is 30.0 Å². The van der Waals surface area contributed by atoms with Crippen LogP contribution in [0.3, 0.4) is 0 Å². The predicted molar refractivity (Wildman–Crippen MR) is 250 cm³/mol. The van der Waals surface area contributed by atoms with Crippen molar-refractivity contribution < 1.29 is 22.3 Å². The minimum absolute atomic E-state index is 0.111. The molecule has 0 atom stereocenters. The number of ether oxygens (including phenoxy) is 1. The Labute approximate surface area is 391 Å². The van der Waals surface area contributed by atoms with Gasteiger partial charge in [-0.2, -0.15) is 20.4 Å². The van der Waals surface area contributed by atoms with E-state index in [0.717, 1.165) is 56.2 Å². The number of rotatable bonds is 10. The fourth-order valence-corrected chi connectivity index (χ4v) is 7.31. The lowest BCUT2D eigenvalue weighted by Crippen LogP contribution is -2.22. The zero-order valence-electron chi connectivity index (χ0n) is 34.3. The Balaban J connectivity index is 0.000000166. The monoisotopic (exact) mass is 1020 g/mol. The summed E-state index contributed by atoms with van der Waals surface area (Å²) < 4.78 is 63.1. The van der Waals surface area contributed by atoms with E-state index < -0.39 is 25.5 Å². The lowest BCUT2D eigenvalue weighted by atomic mass is 10.1. The first kappa shape index (κ1) is 49.3. The van der Waals surface area contributed by atoms with Crippen molar-refractivity contribution in [3.8, 4) is 33.4 Å². The first-order valence-corrected chi connectivity index (χ1v) is 25.0. The molecule has 63 heavy (non-hydrogen) atoms. The van der Waals surface area contributed by atoms with Gasteiger partial charge in [0, 0.05) is 67.7 Å². The molecular formula is C44H41BrCl4F4N8OSi. The van der Waals surface area contributed by atoms with Gasteiger partial charge in [0.25, 0.3) is 0 Å². The lowest BCUT2D eigenvalue weighted by molar-refractivity contribution is 0.0786. The zero-order chi connectivity index (χ0) is 45.7. The van der Waals surface area contributed by atoms with E-state index in [-0.39, 0.29) is 25.9 Å². The highest BCUT2D eigenvalue weighted by Gasteiger charge is 2.13. The van der Waals surface area contributed by atoms with Crippen LogP contribution in [0.1, 0.15) is 5.69 Å². The highest BCUT2D eigenvalue weighted by molar-refractivity contribution is 9.10. The zero-order valence-corrected chi connectivity index (χ0v) is 39.9. The second-order valence-electron chi connectivity index (χ2n) is 15.0. The summed E-state index contributed by atoms with van der Waals surface area (Å²) in [5, 5.41) is 19.8. The molecular weight excluding hydrogens is 982 g/mol. The third-order valence-electron chi connectivity index (χ3n) is 8.72. The van der Waals surface area contributed by atoms with E-state index >= 15 is 0 Å². The van der Waals surface area contributed by atoms with Gasteiger partial charge >= 0.3 is 0 Å². The van der Waals surface area contributed by atoms with Crippen molar-refractivity contribution in [2.45, 2.75) is 39.0 Å². The molecule has 0 aliphatic carbocycles. The second kappa shape index (κ2) is 23.3. The largest absolute Gasteiger partial charge is 0.360 e. The normalized spacial score (nSPS) is 10.9. The van der Waals surface area contributed by atoms with E-state index in [9.17, 15) is 17.6 Å². The molecule has 1 N–H and O–H groups in total. The van der Waals surface area contributed by atoms with Gasteiger partial charge in [0.15, 0.2) is 0 Å². The van der Waals surface area contributed by atoms with Crippen LogP contribution in [0.2, 0.25) is 45.8 Å². The molecule has 0 aliphatic heterocycles. The van der Waals surface area contributed by atoms with Crippen LogP contribution >= 0.6 is 62.3 Å². The molecule has 0 saturated heterocycles. The SMILES string of the molecule is C[Si](C)(C)CCOCn1cc(-c2ccc(F)c(Cl)c2)cn1.Cn1ccc(Cn2cc(-c3ccc(F)c(Cl)c3)cn2)n1.Fc1ccc(-c2cn[nH]c2)cc1Cl.Fc1ccc(Br)cc1Cl. The van der Waals surface area contributed by atoms with Crippen molar-refractivity contribution in [1.29, 1.82) is 0 Å². The molecule has 19 heteroatoms. The number of nitrogens with one attached hydrogen (secondary N) is 1. The molecule has 0 bridgehead atoms. The molecule has 0 spiro atoms. The molecule has 8 aromatic rings. The van der Waals surface area contributed by atoms with Crippen molar-refractivity contribution in [2.24, 2.45) is 7.05 Å². The van der Waals surface area contributed by atoms with Gasteiger partial charge in [-0.05, 0) is 83.4 Å². The summed E-state index contributed by atoms with van der Waals surface area (Å²) in [5.41, 5.74) is 6.13. The Bertz CT molecular complexity index is 2710. The number of benzene rings is 4. The summed E-state index contributed by atoms with van der Waals surface area (Å²) in [5.74, 6) is -1.63. The minimum atomic E-state index is -1.06. The summed E-state index contributed by atoms with van der Waals surface area (Å²) >= 11 is 25.8. The number of aromatic amines is 1. The summed E-state index contributed by atoms with van der Waals surface area (Å²) in [6.45, 7) is 8.74. The molecule has 8 rings (SSSR count). The summed E-state index contributed by atoms with van der Waals surface area (Å²) in [6.07, 6.45) is 12.5.